The molecule has 0 bridgehead atoms. The molecule has 0 aromatic heterocycles. The van der Waals surface area contributed by atoms with Crippen LogP contribution < -0.4 is 0 Å². The molecule has 100 valence electrons. The Morgan fingerprint density at radius 2 is 2.24 bits per heavy atom. The Kier molecular flexibility index (Phi) is 5.39. The molecule has 5 nitrogen and oxygen atoms in total. The lowest BCUT2D eigenvalue weighted by Gasteiger charge is -2.17. The Morgan fingerprint density at radius 3 is 2.71 bits per heavy atom. The number of carboxylic acids is 1. The molecular formula is C11H20O5S. The second-order valence-corrected chi connectivity index (χ2v) is 6.68. The quantitative estimate of drug-likeness (QED) is 0.692. The zero-order chi connectivity index (χ0) is 12.9. The van der Waals surface area contributed by atoms with Crippen molar-refractivity contribution in [2.45, 2.75) is 26.2 Å². The van der Waals surface area contributed by atoms with Crippen LogP contribution >= 0.6 is 0 Å². The molecule has 0 aromatic carbocycles. The van der Waals surface area contributed by atoms with Gasteiger partial charge in [0, 0.05) is 13.2 Å². The van der Waals surface area contributed by atoms with Crippen molar-refractivity contribution in [2.75, 3.05) is 24.7 Å². The molecule has 17 heavy (non-hydrogen) atoms. The number of carboxylic acid groups (broad SMARTS) is 1. The van der Waals surface area contributed by atoms with E-state index in [0.717, 1.165) is 0 Å². The molecule has 0 spiro atoms. The van der Waals surface area contributed by atoms with Gasteiger partial charge in [0.05, 0.1) is 17.4 Å². The maximum absolute atomic E-state index is 11.3. The minimum atomic E-state index is -3.00. The van der Waals surface area contributed by atoms with Crippen molar-refractivity contribution >= 4 is 15.8 Å². The van der Waals surface area contributed by atoms with Crippen LogP contribution in [0.3, 0.4) is 0 Å². The highest BCUT2D eigenvalue weighted by molar-refractivity contribution is 7.91. The highest BCUT2D eigenvalue weighted by Gasteiger charge is 2.36. The van der Waals surface area contributed by atoms with Gasteiger partial charge in [-0.15, -0.1) is 0 Å². The van der Waals surface area contributed by atoms with Crippen molar-refractivity contribution in [1.29, 1.82) is 0 Å². The Morgan fingerprint density at radius 1 is 1.53 bits per heavy atom. The van der Waals surface area contributed by atoms with Gasteiger partial charge in [-0.05, 0) is 32.1 Å². The van der Waals surface area contributed by atoms with E-state index in [1.807, 2.05) is 6.92 Å². The molecule has 0 aliphatic carbocycles. The van der Waals surface area contributed by atoms with Crippen LogP contribution in [0.25, 0.3) is 0 Å². The van der Waals surface area contributed by atoms with Crippen LogP contribution in [0.4, 0.5) is 0 Å². The zero-order valence-electron chi connectivity index (χ0n) is 10.1. The van der Waals surface area contributed by atoms with Gasteiger partial charge in [-0.2, -0.15) is 0 Å². The summed E-state index contributed by atoms with van der Waals surface area (Å²) in [5.41, 5.74) is 0. The average molecular weight is 264 g/mol. The first kappa shape index (κ1) is 14.4. The highest BCUT2D eigenvalue weighted by atomic mass is 32.2. The summed E-state index contributed by atoms with van der Waals surface area (Å²) in [4.78, 5) is 11.1. The van der Waals surface area contributed by atoms with Gasteiger partial charge in [0.1, 0.15) is 0 Å². The third-order valence-electron chi connectivity index (χ3n) is 3.16. The summed E-state index contributed by atoms with van der Waals surface area (Å²) in [5, 5.41) is 9.12. The van der Waals surface area contributed by atoms with Gasteiger partial charge in [-0.3, -0.25) is 4.79 Å². The number of ether oxygens (including phenoxy) is 1. The Labute approximate surface area is 102 Å². The molecule has 2 unspecified atom stereocenters. The first-order valence-electron chi connectivity index (χ1n) is 5.97. The highest BCUT2D eigenvalue weighted by Crippen LogP contribution is 2.29. The molecule has 1 aliphatic rings. The lowest BCUT2D eigenvalue weighted by atomic mass is 9.88. The van der Waals surface area contributed by atoms with Gasteiger partial charge >= 0.3 is 5.97 Å². The van der Waals surface area contributed by atoms with Crippen molar-refractivity contribution in [3.8, 4) is 0 Å². The van der Waals surface area contributed by atoms with E-state index in [1.54, 1.807) is 0 Å². The van der Waals surface area contributed by atoms with E-state index in [9.17, 15) is 13.2 Å². The van der Waals surface area contributed by atoms with E-state index < -0.39 is 21.7 Å². The van der Waals surface area contributed by atoms with E-state index in [1.165, 1.54) is 0 Å². The van der Waals surface area contributed by atoms with Crippen LogP contribution in [0.1, 0.15) is 26.2 Å². The normalized spacial score (nSPS) is 24.6. The number of aliphatic carboxylic acids is 1. The zero-order valence-corrected chi connectivity index (χ0v) is 10.9. The molecule has 1 saturated heterocycles. The van der Waals surface area contributed by atoms with E-state index >= 15 is 0 Å². The van der Waals surface area contributed by atoms with Gasteiger partial charge in [-0.1, -0.05) is 0 Å². The lowest BCUT2D eigenvalue weighted by Crippen LogP contribution is -2.25. The SMILES string of the molecule is CCOCCCC(C(=O)O)C1CCS(=O)(=O)C1. The van der Waals surface area contributed by atoms with Crippen molar-refractivity contribution in [2.24, 2.45) is 11.8 Å². The van der Waals surface area contributed by atoms with E-state index in [-0.39, 0.29) is 17.4 Å². The van der Waals surface area contributed by atoms with Gasteiger partial charge in [0.15, 0.2) is 9.84 Å². The predicted octanol–water partition coefficient (Wildman–Crippen LogP) is 0.939. The first-order chi connectivity index (χ1) is 7.96. The molecule has 0 saturated carbocycles. The van der Waals surface area contributed by atoms with Gasteiger partial charge in [0.2, 0.25) is 0 Å². The summed E-state index contributed by atoms with van der Waals surface area (Å²) in [6.07, 6.45) is 1.64. The molecule has 1 N–H and O–H groups in total. The summed E-state index contributed by atoms with van der Waals surface area (Å²) in [7, 11) is -3.00. The van der Waals surface area contributed by atoms with Crippen molar-refractivity contribution in [3.05, 3.63) is 0 Å². The lowest BCUT2D eigenvalue weighted by molar-refractivity contribution is -0.143. The molecule has 1 aliphatic heterocycles. The van der Waals surface area contributed by atoms with Crippen LogP contribution in [-0.4, -0.2) is 44.2 Å². The average Bonchev–Trinajstić information content (AvgIpc) is 2.58. The molecule has 6 heteroatoms. The second kappa shape index (κ2) is 6.35. The largest absolute Gasteiger partial charge is 0.481 e. The van der Waals surface area contributed by atoms with Crippen LogP contribution in [0, 0.1) is 11.8 Å². The molecule has 1 fully saturated rings. The minimum Gasteiger partial charge on any atom is -0.481 e. The fourth-order valence-corrected chi connectivity index (χ4v) is 4.13. The molecule has 1 heterocycles. The van der Waals surface area contributed by atoms with Crippen LogP contribution in [0.5, 0.6) is 0 Å². The van der Waals surface area contributed by atoms with Crippen molar-refractivity contribution in [1.82, 2.24) is 0 Å². The minimum absolute atomic E-state index is 0.0264. The smallest absolute Gasteiger partial charge is 0.306 e. The topological polar surface area (TPSA) is 80.7 Å². The summed E-state index contributed by atoms with van der Waals surface area (Å²) in [6.45, 7) is 3.05. The Balaban J connectivity index is 2.47. The second-order valence-electron chi connectivity index (χ2n) is 4.45. The van der Waals surface area contributed by atoms with E-state index in [2.05, 4.69) is 0 Å². The predicted molar refractivity (Wildman–Crippen MR) is 63.6 cm³/mol. The van der Waals surface area contributed by atoms with Gasteiger partial charge < -0.3 is 9.84 Å². The third-order valence-corrected chi connectivity index (χ3v) is 4.96. The van der Waals surface area contributed by atoms with Crippen molar-refractivity contribution < 1.29 is 23.1 Å². The number of hydrogen-bond donors (Lipinski definition) is 1. The number of carbonyl (C=O) groups is 1. The van der Waals surface area contributed by atoms with Crippen LogP contribution in [0.15, 0.2) is 0 Å². The molecular weight excluding hydrogens is 244 g/mol. The monoisotopic (exact) mass is 264 g/mol. The summed E-state index contributed by atoms with van der Waals surface area (Å²) >= 11 is 0. The number of hydrogen-bond acceptors (Lipinski definition) is 4. The number of rotatable bonds is 7. The van der Waals surface area contributed by atoms with Crippen molar-refractivity contribution in [3.63, 3.8) is 0 Å². The van der Waals surface area contributed by atoms with Gasteiger partial charge in [0.25, 0.3) is 0 Å². The fraction of sp³-hybridized carbons (Fsp3) is 0.909. The first-order valence-corrected chi connectivity index (χ1v) is 7.79. The van der Waals surface area contributed by atoms with Crippen LogP contribution in [-0.2, 0) is 19.4 Å². The molecule has 0 amide bonds. The molecule has 1 rings (SSSR count). The molecule has 0 aromatic rings. The standard InChI is InChI=1S/C11H20O5S/c1-2-16-6-3-4-10(11(12)13)9-5-7-17(14,15)8-9/h9-10H,2-8H2,1H3,(H,12,13). The summed E-state index contributed by atoms with van der Waals surface area (Å²) < 4.78 is 27.8. The maximum atomic E-state index is 11.3. The Hall–Kier alpha value is -0.620. The van der Waals surface area contributed by atoms with Crippen LogP contribution in [0.2, 0.25) is 0 Å². The third kappa shape index (κ3) is 4.63. The van der Waals surface area contributed by atoms with E-state index in [0.29, 0.717) is 32.5 Å². The fourth-order valence-electron chi connectivity index (χ4n) is 2.25. The maximum Gasteiger partial charge on any atom is 0.306 e. The number of sulfone groups is 1. The van der Waals surface area contributed by atoms with E-state index in [4.69, 9.17) is 9.84 Å². The summed E-state index contributed by atoms with van der Waals surface area (Å²) in [5.74, 6) is -1.50. The summed E-state index contributed by atoms with van der Waals surface area (Å²) in [6, 6.07) is 0. The Bertz CT molecular complexity index is 349. The molecule has 2 atom stereocenters. The van der Waals surface area contributed by atoms with Gasteiger partial charge in [-0.25, -0.2) is 8.42 Å². The molecule has 0 radical (unpaired) electrons.